The summed E-state index contributed by atoms with van der Waals surface area (Å²) in [7, 11) is 0. The molecule has 3 aromatic carbocycles. The normalized spacial score (nSPS) is 26.9. The Kier molecular flexibility index (Phi) is 8.21. The third-order valence-corrected chi connectivity index (χ3v) is 12.0. The van der Waals surface area contributed by atoms with Gasteiger partial charge in [0.25, 0.3) is 11.8 Å². The summed E-state index contributed by atoms with van der Waals surface area (Å²) in [5.41, 5.74) is 0.245. The van der Waals surface area contributed by atoms with Gasteiger partial charge in [0.05, 0.1) is 33.8 Å². The van der Waals surface area contributed by atoms with Crippen molar-refractivity contribution >= 4 is 63.4 Å². The van der Waals surface area contributed by atoms with Gasteiger partial charge in [-0.3, -0.25) is 29.5 Å². The zero-order chi connectivity index (χ0) is 38.6. The third kappa shape index (κ3) is 5.16. The first-order valence-corrected chi connectivity index (χ1v) is 18.1. The van der Waals surface area contributed by atoms with Crippen molar-refractivity contribution in [2.45, 2.75) is 56.7 Å². The van der Waals surface area contributed by atoms with Gasteiger partial charge in [0.2, 0.25) is 11.8 Å². The second kappa shape index (κ2) is 12.3. The van der Waals surface area contributed by atoms with Crippen LogP contribution in [0.15, 0.2) is 84.6 Å². The molecule has 8 rings (SSSR count). The molecule has 14 heteroatoms. The number of amides is 4. The molecule has 9 nitrogen and oxygen atoms in total. The number of hydrazine groups is 1. The minimum atomic E-state index is -4.75. The van der Waals surface area contributed by atoms with Gasteiger partial charge >= 0.3 is 6.18 Å². The number of rotatable bonds is 4. The number of carbonyl (C=O) groups excluding carboxylic acids is 4. The second-order valence-corrected chi connectivity index (χ2v) is 16.2. The van der Waals surface area contributed by atoms with Crippen LogP contribution in [-0.2, 0) is 30.8 Å². The monoisotopic (exact) mass is 776 g/mol. The third-order valence-electron chi connectivity index (χ3n) is 11.5. The molecule has 278 valence electrons. The Labute approximate surface area is 317 Å². The fourth-order valence-corrected chi connectivity index (χ4v) is 9.68. The Hall–Kier alpha value is -4.94. The van der Waals surface area contributed by atoms with E-state index in [2.05, 4.69) is 10.4 Å². The number of pyridine rings is 1. The van der Waals surface area contributed by atoms with Crippen molar-refractivity contribution in [1.82, 2.24) is 14.9 Å². The van der Waals surface area contributed by atoms with E-state index in [0.717, 1.165) is 10.4 Å². The van der Waals surface area contributed by atoms with Crippen LogP contribution in [-0.4, -0.2) is 49.2 Å². The molecule has 2 N–H and O–H groups in total. The van der Waals surface area contributed by atoms with E-state index >= 15 is 4.79 Å². The van der Waals surface area contributed by atoms with Gasteiger partial charge in [-0.25, -0.2) is 4.98 Å². The average Bonchev–Trinajstić information content (AvgIpc) is 3.50. The first-order chi connectivity index (χ1) is 25.5. The Morgan fingerprint density at radius 3 is 2.28 bits per heavy atom. The lowest BCUT2D eigenvalue weighted by atomic mass is 9.48. The van der Waals surface area contributed by atoms with E-state index in [-0.39, 0.29) is 36.2 Å². The number of hydrogen-bond donors (Lipinski definition) is 2. The molecule has 0 bridgehead atoms. The lowest BCUT2D eigenvalue weighted by Gasteiger charge is -2.51. The van der Waals surface area contributed by atoms with Crippen LogP contribution in [0.1, 0.15) is 56.2 Å². The number of benzene rings is 3. The van der Waals surface area contributed by atoms with E-state index in [4.69, 9.17) is 23.2 Å². The number of phenolic OH excluding ortho intramolecular Hbond substituents is 1. The molecule has 3 fully saturated rings. The number of anilines is 1. The molecule has 6 atom stereocenters. The fourth-order valence-electron chi connectivity index (χ4n) is 9.35. The first kappa shape index (κ1) is 36.1. The maximum absolute atomic E-state index is 15.5. The van der Waals surface area contributed by atoms with Crippen LogP contribution in [0.5, 0.6) is 5.75 Å². The molecule has 4 aromatic rings. The number of likely N-dealkylation sites (tertiary alicyclic amines) is 1. The number of halogens is 5. The van der Waals surface area contributed by atoms with Crippen LogP contribution in [0.3, 0.4) is 0 Å². The maximum atomic E-state index is 15.5. The van der Waals surface area contributed by atoms with E-state index in [1.165, 1.54) is 11.0 Å². The van der Waals surface area contributed by atoms with E-state index in [1.807, 2.05) is 18.2 Å². The van der Waals surface area contributed by atoms with E-state index < -0.39 is 69.1 Å². The molecule has 4 aliphatic rings. The molecule has 1 saturated carbocycles. The van der Waals surface area contributed by atoms with Crippen molar-refractivity contribution < 1.29 is 37.5 Å². The summed E-state index contributed by atoms with van der Waals surface area (Å²) in [6, 6.07) is 17.6. The molecular formula is C40H33Cl2F3N4O5. The quantitative estimate of drug-likeness (QED) is 0.159. The van der Waals surface area contributed by atoms with Gasteiger partial charge < -0.3 is 5.11 Å². The molecule has 6 unspecified atom stereocenters. The molecule has 1 aromatic heterocycles. The van der Waals surface area contributed by atoms with Gasteiger partial charge in [0, 0.05) is 28.2 Å². The number of fused-ring (bicyclic) bond motifs is 5. The minimum absolute atomic E-state index is 0.0361. The largest absolute Gasteiger partial charge is 0.508 e. The number of alkyl halides is 3. The van der Waals surface area contributed by atoms with Crippen LogP contribution in [0, 0.1) is 23.7 Å². The molecule has 0 radical (unpaired) electrons. The number of nitrogens with zero attached hydrogens (tertiary/aromatic N) is 3. The number of aromatic hydroxyl groups is 1. The number of hydrogen-bond acceptors (Lipinski definition) is 7. The van der Waals surface area contributed by atoms with Crippen molar-refractivity contribution in [3.63, 3.8) is 0 Å². The summed E-state index contributed by atoms with van der Waals surface area (Å²) in [5.74, 6) is -7.26. The lowest BCUT2D eigenvalue weighted by Crippen LogP contribution is -2.53. The van der Waals surface area contributed by atoms with Gasteiger partial charge in [-0.2, -0.15) is 18.2 Å². The molecule has 54 heavy (non-hydrogen) atoms. The molecule has 3 heterocycles. The highest BCUT2D eigenvalue weighted by Gasteiger charge is 2.71. The van der Waals surface area contributed by atoms with Crippen LogP contribution < -0.4 is 5.43 Å². The van der Waals surface area contributed by atoms with Gasteiger partial charge in [-0.1, -0.05) is 77.3 Å². The fraction of sp³-hybridized carbons (Fsp3) is 0.325. The SMILES string of the molecule is CC(C)(C)N1C(=O)C2CC=C3C(CC4C(=O)N(Nc5ncc(C(F)(F)F)cc5Cl)C(=O)C4(c4ccc(Cl)cc4)C3c3c(O)ccc4ccccc34)C2C1=O. The highest BCUT2D eigenvalue weighted by Crippen LogP contribution is 2.65. The number of phenols is 1. The summed E-state index contributed by atoms with van der Waals surface area (Å²) in [6.45, 7) is 5.34. The number of aromatic nitrogens is 1. The van der Waals surface area contributed by atoms with Crippen molar-refractivity contribution in [3.8, 4) is 5.75 Å². The van der Waals surface area contributed by atoms with E-state index in [9.17, 15) is 32.7 Å². The molecule has 2 aliphatic carbocycles. The van der Waals surface area contributed by atoms with Gasteiger partial charge in [0.1, 0.15) is 5.75 Å². The summed E-state index contributed by atoms with van der Waals surface area (Å²) < 4.78 is 40.5. The zero-order valence-corrected chi connectivity index (χ0v) is 30.6. The molecular weight excluding hydrogens is 744 g/mol. The molecule has 2 aliphatic heterocycles. The van der Waals surface area contributed by atoms with Crippen LogP contribution >= 0.6 is 23.2 Å². The summed E-state index contributed by atoms with van der Waals surface area (Å²) in [5, 5.41) is 13.8. The van der Waals surface area contributed by atoms with Gasteiger partial charge in [0.15, 0.2) is 5.82 Å². The van der Waals surface area contributed by atoms with Crippen LogP contribution in [0.25, 0.3) is 10.8 Å². The molecule has 2 saturated heterocycles. The van der Waals surface area contributed by atoms with Crippen molar-refractivity contribution in [2.75, 3.05) is 5.43 Å². The molecule has 0 spiro atoms. The highest BCUT2D eigenvalue weighted by molar-refractivity contribution is 6.33. The standard InChI is InChI=1S/C40H33Cl2F3N4O5/c1-38(2,3)48-34(51)25-14-13-24-26(30(25)36(48)53)17-27-35(52)49(47-33-28(42)16-21(18-46-33)40(43,44)45)37(54)39(27,20-9-11-22(41)12-10-20)32(24)31-23-7-5-4-6-19(23)8-15-29(31)50/h4-13,15-16,18,25-27,30,32,50H,14,17H2,1-3H3,(H,46,47). The Balaban J connectivity index is 1.38. The van der Waals surface area contributed by atoms with Gasteiger partial charge in [-0.05, 0) is 80.1 Å². The summed E-state index contributed by atoms with van der Waals surface area (Å²) in [6.07, 6.45) is -2.18. The van der Waals surface area contributed by atoms with E-state index in [0.29, 0.717) is 39.4 Å². The van der Waals surface area contributed by atoms with Crippen LogP contribution in [0.2, 0.25) is 10.0 Å². The van der Waals surface area contributed by atoms with Crippen molar-refractivity contribution in [3.05, 3.63) is 111 Å². The number of imide groups is 2. The topological polar surface area (TPSA) is 120 Å². The predicted molar refractivity (Wildman–Crippen MR) is 194 cm³/mol. The maximum Gasteiger partial charge on any atom is 0.417 e. The zero-order valence-electron chi connectivity index (χ0n) is 29.1. The number of nitrogens with one attached hydrogen (secondary N) is 1. The first-order valence-electron chi connectivity index (χ1n) is 17.4. The number of carbonyl (C=O) groups is 4. The van der Waals surface area contributed by atoms with Crippen molar-refractivity contribution in [2.24, 2.45) is 23.7 Å². The Morgan fingerprint density at radius 2 is 1.61 bits per heavy atom. The van der Waals surface area contributed by atoms with Crippen molar-refractivity contribution in [1.29, 1.82) is 0 Å². The molecule has 4 amide bonds. The predicted octanol–water partition coefficient (Wildman–Crippen LogP) is 8.05. The minimum Gasteiger partial charge on any atom is -0.508 e. The van der Waals surface area contributed by atoms with Gasteiger partial charge in [-0.15, -0.1) is 0 Å². The second-order valence-electron chi connectivity index (χ2n) is 15.3. The number of allylic oxidation sites excluding steroid dienone is 2. The Bertz CT molecular complexity index is 2330. The summed E-state index contributed by atoms with van der Waals surface area (Å²) >= 11 is 12.6. The lowest BCUT2D eigenvalue weighted by molar-refractivity contribution is -0.146. The smallest absolute Gasteiger partial charge is 0.417 e. The Morgan fingerprint density at radius 1 is 0.907 bits per heavy atom. The van der Waals surface area contributed by atoms with Crippen LogP contribution in [0.4, 0.5) is 19.0 Å². The summed E-state index contributed by atoms with van der Waals surface area (Å²) in [4.78, 5) is 63.8. The van der Waals surface area contributed by atoms with E-state index in [1.54, 1.807) is 63.2 Å². The average molecular weight is 778 g/mol. The highest BCUT2D eigenvalue weighted by atomic mass is 35.5.